The Labute approximate surface area is 193 Å². The van der Waals surface area contributed by atoms with E-state index >= 15 is 0 Å². The molecular formula is C23H33N5O3S. The van der Waals surface area contributed by atoms with Crippen molar-refractivity contribution >= 4 is 23.7 Å². The molecule has 1 heterocycles. The molecule has 0 saturated heterocycles. The summed E-state index contributed by atoms with van der Waals surface area (Å²) in [5, 5.41) is 14.3. The second-order valence-electron chi connectivity index (χ2n) is 8.10. The molecule has 3 rings (SSSR count). The lowest BCUT2D eigenvalue weighted by molar-refractivity contribution is -0.119. The molecule has 1 fully saturated rings. The lowest BCUT2D eigenvalue weighted by Gasteiger charge is -2.23. The third-order valence-electron chi connectivity index (χ3n) is 5.63. The van der Waals surface area contributed by atoms with Crippen molar-refractivity contribution in [2.75, 3.05) is 7.11 Å². The van der Waals surface area contributed by atoms with Crippen molar-refractivity contribution in [3.05, 3.63) is 24.3 Å². The first kappa shape index (κ1) is 24.1. The van der Waals surface area contributed by atoms with E-state index in [-0.39, 0.29) is 11.9 Å². The SMILES string of the molecule is CCCCn1c(SC(C)C(=O)NC(=O)NC2CCCCC2)nnc1-c1ccc(OC)cc1. The second kappa shape index (κ2) is 11.9. The van der Waals surface area contributed by atoms with Crippen molar-refractivity contribution in [1.29, 1.82) is 0 Å². The quantitative estimate of drug-likeness (QED) is 0.540. The van der Waals surface area contributed by atoms with Gasteiger partial charge in [0, 0.05) is 18.2 Å². The van der Waals surface area contributed by atoms with E-state index in [1.54, 1.807) is 14.0 Å². The summed E-state index contributed by atoms with van der Waals surface area (Å²) in [4.78, 5) is 24.8. The first-order chi connectivity index (χ1) is 15.5. The van der Waals surface area contributed by atoms with Gasteiger partial charge in [-0.3, -0.25) is 10.1 Å². The number of imide groups is 1. The van der Waals surface area contributed by atoms with Crippen LogP contribution in [-0.2, 0) is 11.3 Å². The monoisotopic (exact) mass is 459 g/mol. The number of benzene rings is 1. The molecule has 3 amide bonds. The molecule has 1 aliphatic rings. The van der Waals surface area contributed by atoms with Crippen LogP contribution in [0, 0.1) is 0 Å². The lowest BCUT2D eigenvalue weighted by atomic mass is 9.96. The number of nitrogens with zero attached hydrogens (tertiary/aromatic N) is 3. The van der Waals surface area contributed by atoms with Gasteiger partial charge in [0.05, 0.1) is 12.4 Å². The molecule has 1 aromatic heterocycles. The fourth-order valence-electron chi connectivity index (χ4n) is 3.74. The number of amides is 3. The maximum atomic E-state index is 12.6. The van der Waals surface area contributed by atoms with Crippen LogP contribution < -0.4 is 15.4 Å². The minimum Gasteiger partial charge on any atom is -0.497 e. The van der Waals surface area contributed by atoms with Crippen molar-refractivity contribution in [2.24, 2.45) is 0 Å². The van der Waals surface area contributed by atoms with Crippen molar-refractivity contribution < 1.29 is 14.3 Å². The average Bonchev–Trinajstić information content (AvgIpc) is 3.20. The van der Waals surface area contributed by atoms with Crippen molar-refractivity contribution in [1.82, 2.24) is 25.4 Å². The maximum absolute atomic E-state index is 12.6. The zero-order valence-corrected chi connectivity index (χ0v) is 19.9. The molecule has 174 valence electrons. The van der Waals surface area contributed by atoms with Crippen LogP contribution in [0.2, 0.25) is 0 Å². The van der Waals surface area contributed by atoms with Crippen LogP contribution in [0.3, 0.4) is 0 Å². The number of carbonyl (C=O) groups is 2. The predicted molar refractivity (Wildman–Crippen MR) is 126 cm³/mol. The van der Waals surface area contributed by atoms with Crippen LogP contribution >= 0.6 is 11.8 Å². The van der Waals surface area contributed by atoms with Gasteiger partial charge in [-0.25, -0.2) is 4.79 Å². The van der Waals surface area contributed by atoms with Gasteiger partial charge < -0.3 is 14.6 Å². The minimum atomic E-state index is -0.486. The number of carbonyl (C=O) groups excluding carboxylic acids is 2. The van der Waals surface area contributed by atoms with Crippen LogP contribution in [0.25, 0.3) is 11.4 Å². The number of urea groups is 1. The Morgan fingerprint density at radius 1 is 1.19 bits per heavy atom. The van der Waals surface area contributed by atoms with Gasteiger partial charge in [0.25, 0.3) is 0 Å². The standard InChI is InChI=1S/C23H33N5O3S/c1-4-5-15-28-20(17-11-13-19(31-3)14-12-17)26-27-23(28)32-16(2)21(29)25-22(30)24-18-9-7-6-8-10-18/h11-14,16,18H,4-10,15H2,1-3H3,(H2,24,25,29,30). The van der Waals surface area contributed by atoms with Gasteiger partial charge in [-0.15, -0.1) is 10.2 Å². The van der Waals surface area contributed by atoms with Gasteiger partial charge in [-0.05, 0) is 50.5 Å². The molecule has 2 N–H and O–H groups in total. The average molecular weight is 460 g/mol. The minimum absolute atomic E-state index is 0.156. The number of rotatable bonds is 9. The van der Waals surface area contributed by atoms with Gasteiger partial charge in [0.1, 0.15) is 5.75 Å². The molecule has 32 heavy (non-hydrogen) atoms. The Balaban J connectivity index is 1.66. The van der Waals surface area contributed by atoms with E-state index in [1.165, 1.54) is 18.2 Å². The van der Waals surface area contributed by atoms with Gasteiger partial charge in [0.15, 0.2) is 11.0 Å². The highest BCUT2D eigenvalue weighted by Gasteiger charge is 2.23. The molecule has 9 heteroatoms. The Hall–Kier alpha value is -2.55. The fraction of sp³-hybridized carbons (Fsp3) is 0.565. The van der Waals surface area contributed by atoms with Crippen LogP contribution in [0.5, 0.6) is 5.75 Å². The maximum Gasteiger partial charge on any atom is 0.321 e. The van der Waals surface area contributed by atoms with Crippen LogP contribution in [0.15, 0.2) is 29.4 Å². The summed E-state index contributed by atoms with van der Waals surface area (Å²) in [7, 11) is 1.63. The number of ether oxygens (including phenoxy) is 1. The van der Waals surface area contributed by atoms with Crippen LogP contribution in [0.1, 0.15) is 58.8 Å². The number of unbranched alkanes of at least 4 members (excludes halogenated alkanes) is 1. The number of aromatic nitrogens is 3. The molecule has 0 radical (unpaired) electrons. The topological polar surface area (TPSA) is 98.1 Å². The smallest absolute Gasteiger partial charge is 0.321 e. The van der Waals surface area contributed by atoms with Gasteiger partial charge in [-0.2, -0.15) is 0 Å². The predicted octanol–water partition coefficient (Wildman–Crippen LogP) is 4.39. The third kappa shape index (κ3) is 6.48. The molecule has 8 nitrogen and oxygen atoms in total. The Bertz CT molecular complexity index is 894. The van der Waals surface area contributed by atoms with Crippen LogP contribution in [-0.4, -0.2) is 45.1 Å². The highest BCUT2D eigenvalue weighted by Crippen LogP contribution is 2.28. The first-order valence-electron chi connectivity index (χ1n) is 11.4. The normalized spacial score (nSPS) is 15.2. The Kier molecular flexibility index (Phi) is 8.96. The molecule has 1 aromatic carbocycles. The third-order valence-corrected chi connectivity index (χ3v) is 6.71. The van der Waals surface area contributed by atoms with E-state index in [9.17, 15) is 9.59 Å². The van der Waals surface area contributed by atoms with E-state index in [0.717, 1.165) is 62.2 Å². The number of nitrogens with one attached hydrogen (secondary N) is 2. The summed E-state index contributed by atoms with van der Waals surface area (Å²) in [6.45, 7) is 4.66. The molecule has 2 aromatic rings. The van der Waals surface area contributed by atoms with Crippen molar-refractivity contribution in [3.63, 3.8) is 0 Å². The summed E-state index contributed by atoms with van der Waals surface area (Å²) >= 11 is 1.31. The summed E-state index contributed by atoms with van der Waals surface area (Å²) in [6, 6.07) is 7.42. The summed E-state index contributed by atoms with van der Waals surface area (Å²) in [6.07, 6.45) is 7.40. The number of thioether (sulfide) groups is 1. The van der Waals surface area contributed by atoms with E-state index < -0.39 is 11.3 Å². The zero-order valence-electron chi connectivity index (χ0n) is 19.1. The summed E-state index contributed by atoms with van der Waals surface area (Å²) in [5.41, 5.74) is 0.935. The van der Waals surface area contributed by atoms with E-state index in [1.807, 2.05) is 28.8 Å². The summed E-state index contributed by atoms with van der Waals surface area (Å²) in [5.74, 6) is 1.20. The number of methoxy groups -OCH3 is 1. The summed E-state index contributed by atoms with van der Waals surface area (Å²) < 4.78 is 7.28. The lowest BCUT2D eigenvalue weighted by Crippen LogP contribution is -2.47. The molecule has 1 aliphatic carbocycles. The van der Waals surface area contributed by atoms with Crippen LogP contribution in [0.4, 0.5) is 4.79 Å². The fourth-order valence-corrected chi connectivity index (χ4v) is 4.62. The highest BCUT2D eigenvalue weighted by molar-refractivity contribution is 8.00. The zero-order chi connectivity index (χ0) is 22.9. The largest absolute Gasteiger partial charge is 0.497 e. The number of hydrogen-bond donors (Lipinski definition) is 2. The van der Waals surface area contributed by atoms with E-state index in [4.69, 9.17) is 4.74 Å². The molecule has 1 atom stereocenters. The molecule has 0 aliphatic heterocycles. The number of hydrogen-bond acceptors (Lipinski definition) is 6. The molecule has 0 spiro atoms. The molecule has 0 bridgehead atoms. The highest BCUT2D eigenvalue weighted by atomic mass is 32.2. The second-order valence-corrected chi connectivity index (χ2v) is 9.41. The first-order valence-corrected chi connectivity index (χ1v) is 12.3. The molecular weight excluding hydrogens is 426 g/mol. The van der Waals surface area contributed by atoms with Gasteiger partial charge >= 0.3 is 6.03 Å². The van der Waals surface area contributed by atoms with Crippen molar-refractivity contribution in [2.45, 2.75) is 81.8 Å². The van der Waals surface area contributed by atoms with E-state index in [2.05, 4.69) is 27.8 Å². The van der Waals surface area contributed by atoms with E-state index in [0.29, 0.717) is 5.16 Å². The van der Waals surface area contributed by atoms with Gasteiger partial charge in [0.2, 0.25) is 5.91 Å². The Morgan fingerprint density at radius 2 is 1.91 bits per heavy atom. The van der Waals surface area contributed by atoms with Gasteiger partial charge in [-0.1, -0.05) is 44.4 Å². The Morgan fingerprint density at radius 3 is 2.56 bits per heavy atom. The molecule has 1 saturated carbocycles. The van der Waals surface area contributed by atoms with Crippen molar-refractivity contribution in [3.8, 4) is 17.1 Å². The molecule has 1 unspecified atom stereocenters.